The average molecular weight is 268 g/mol. The molecule has 0 atom stereocenters. The standard InChI is InChI=1S/C17H13FS/c18-16-9-8-14(11-13-5-2-1-3-6-13)12-15(16)17-7-4-10-19-17/h1-10,12H,11H2. The van der Waals surface area contributed by atoms with Gasteiger partial charge in [-0.25, -0.2) is 4.39 Å². The van der Waals surface area contributed by atoms with E-state index in [2.05, 4.69) is 12.1 Å². The summed E-state index contributed by atoms with van der Waals surface area (Å²) in [5.74, 6) is -0.153. The number of hydrogen-bond donors (Lipinski definition) is 0. The van der Waals surface area contributed by atoms with E-state index < -0.39 is 0 Å². The van der Waals surface area contributed by atoms with Gasteiger partial charge in [0.25, 0.3) is 0 Å². The van der Waals surface area contributed by atoms with Crippen LogP contribution in [0.2, 0.25) is 0 Å². The molecule has 0 N–H and O–H groups in total. The molecule has 3 aromatic rings. The lowest BCUT2D eigenvalue weighted by Gasteiger charge is -2.06. The fourth-order valence-electron chi connectivity index (χ4n) is 2.13. The molecule has 0 fully saturated rings. The van der Waals surface area contributed by atoms with Crippen LogP contribution in [-0.4, -0.2) is 0 Å². The Kier molecular flexibility index (Phi) is 3.43. The minimum atomic E-state index is -0.153. The van der Waals surface area contributed by atoms with E-state index in [1.807, 2.05) is 47.8 Å². The third-order valence-corrected chi connectivity index (χ3v) is 3.97. The number of thiophene rings is 1. The van der Waals surface area contributed by atoms with Crippen LogP contribution in [0.4, 0.5) is 4.39 Å². The molecule has 0 spiro atoms. The molecule has 2 aromatic carbocycles. The molecule has 0 aliphatic carbocycles. The Morgan fingerprint density at radius 3 is 2.42 bits per heavy atom. The van der Waals surface area contributed by atoms with Crippen molar-refractivity contribution >= 4 is 11.3 Å². The van der Waals surface area contributed by atoms with Crippen molar-refractivity contribution in [3.8, 4) is 10.4 Å². The molecule has 2 heteroatoms. The minimum Gasteiger partial charge on any atom is -0.206 e. The first-order valence-corrected chi connectivity index (χ1v) is 7.07. The molecule has 0 aliphatic rings. The van der Waals surface area contributed by atoms with Crippen LogP contribution in [0, 0.1) is 5.82 Å². The summed E-state index contributed by atoms with van der Waals surface area (Å²) in [5.41, 5.74) is 3.07. The van der Waals surface area contributed by atoms with Crippen molar-refractivity contribution in [3.63, 3.8) is 0 Å². The summed E-state index contributed by atoms with van der Waals surface area (Å²) in [6, 6.07) is 19.5. The summed E-state index contributed by atoms with van der Waals surface area (Å²) in [4.78, 5) is 0.979. The highest BCUT2D eigenvalue weighted by Gasteiger charge is 2.07. The van der Waals surface area contributed by atoms with E-state index in [9.17, 15) is 4.39 Å². The summed E-state index contributed by atoms with van der Waals surface area (Å²) < 4.78 is 13.9. The smallest absolute Gasteiger partial charge is 0.131 e. The molecule has 0 saturated carbocycles. The molecule has 19 heavy (non-hydrogen) atoms. The lowest BCUT2D eigenvalue weighted by atomic mass is 10.0. The number of hydrogen-bond acceptors (Lipinski definition) is 1. The monoisotopic (exact) mass is 268 g/mol. The molecule has 94 valence electrons. The van der Waals surface area contributed by atoms with E-state index in [1.54, 1.807) is 17.4 Å². The maximum absolute atomic E-state index is 13.9. The van der Waals surface area contributed by atoms with Crippen molar-refractivity contribution in [1.29, 1.82) is 0 Å². The summed E-state index contributed by atoms with van der Waals surface area (Å²) in [5, 5.41) is 1.97. The Morgan fingerprint density at radius 1 is 0.842 bits per heavy atom. The van der Waals surface area contributed by atoms with Gasteiger partial charge in [0.1, 0.15) is 5.82 Å². The fraction of sp³-hybridized carbons (Fsp3) is 0.0588. The van der Waals surface area contributed by atoms with Gasteiger partial charge < -0.3 is 0 Å². The highest BCUT2D eigenvalue weighted by molar-refractivity contribution is 7.13. The number of halogens is 1. The first-order valence-electron chi connectivity index (χ1n) is 6.19. The van der Waals surface area contributed by atoms with Gasteiger partial charge in [-0.1, -0.05) is 42.5 Å². The second-order valence-corrected chi connectivity index (χ2v) is 5.40. The Morgan fingerprint density at radius 2 is 1.68 bits per heavy atom. The zero-order valence-electron chi connectivity index (χ0n) is 10.3. The molecule has 1 aromatic heterocycles. The SMILES string of the molecule is Fc1ccc(Cc2ccccc2)cc1-c1cccs1. The van der Waals surface area contributed by atoms with Gasteiger partial charge in [0, 0.05) is 10.4 Å². The van der Waals surface area contributed by atoms with Crippen molar-refractivity contribution in [2.45, 2.75) is 6.42 Å². The quantitative estimate of drug-likeness (QED) is 0.616. The highest BCUT2D eigenvalue weighted by atomic mass is 32.1. The Labute approximate surface area is 116 Å². The van der Waals surface area contributed by atoms with Crippen molar-refractivity contribution in [3.05, 3.63) is 83.0 Å². The fourth-order valence-corrected chi connectivity index (χ4v) is 2.88. The summed E-state index contributed by atoms with van der Waals surface area (Å²) in [7, 11) is 0. The minimum absolute atomic E-state index is 0.153. The summed E-state index contributed by atoms with van der Waals surface area (Å²) in [6.07, 6.45) is 0.833. The van der Waals surface area contributed by atoms with Crippen LogP contribution < -0.4 is 0 Å². The van der Waals surface area contributed by atoms with Crippen molar-refractivity contribution < 1.29 is 4.39 Å². The topological polar surface area (TPSA) is 0 Å². The second kappa shape index (κ2) is 5.37. The van der Waals surface area contributed by atoms with Gasteiger partial charge in [-0.2, -0.15) is 0 Å². The lowest BCUT2D eigenvalue weighted by Crippen LogP contribution is -1.90. The van der Waals surface area contributed by atoms with E-state index in [-0.39, 0.29) is 5.82 Å². The molecular weight excluding hydrogens is 255 g/mol. The Hall–Kier alpha value is -1.93. The van der Waals surface area contributed by atoms with Crippen LogP contribution in [0.1, 0.15) is 11.1 Å². The molecule has 0 unspecified atom stereocenters. The molecule has 0 aliphatic heterocycles. The van der Waals surface area contributed by atoms with Gasteiger partial charge in [0.15, 0.2) is 0 Å². The molecule has 0 bridgehead atoms. The van der Waals surface area contributed by atoms with Crippen LogP contribution in [0.25, 0.3) is 10.4 Å². The zero-order chi connectivity index (χ0) is 13.1. The van der Waals surface area contributed by atoms with Crippen LogP contribution in [0.15, 0.2) is 66.0 Å². The molecule has 0 nitrogen and oxygen atoms in total. The van der Waals surface area contributed by atoms with Gasteiger partial charge in [-0.05, 0) is 41.1 Å². The van der Waals surface area contributed by atoms with E-state index in [0.717, 1.165) is 16.9 Å². The molecule has 0 radical (unpaired) electrons. The second-order valence-electron chi connectivity index (χ2n) is 4.45. The van der Waals surface area contributed by atoms with E-state index in [0.29, 0.717) is 5.56 Å². The molecule has 1 heterocycles. The van der Waals surface area contributed by atoms with E-state index >= 15 is 0 Å². The molecule has 0 amide bonds. The Balaban J connectivity index is 1.94. The maximum Gasteiger partial charge on any atom is 0.131 e. The van der Waals surface area contributed by atoms with Crippen molar-refractivity contribution in [2.24, 2.45) is 0 Å². The third-order valence-electron chi connectivity index (χ3n) is 3.07. The predicted octanol–water partition coefficient (Wildman–Crippen LogP) is 5.15. The normalized spacial score (nSPS) is 10.6. The van der Waals surface area contributed by atoms with Gasteiger partial charge in [0.2, 0.25) is 0 Å². The molecular formula is C17H13FS. The first kappa shape index (κ1) is 12.1. The molecule has 0 saturated heterocycles. The average Bonchev–Trinajstić information content (AvgIpc) is 2.96. The van der Waals surface area contributed by atoms with Crippen LogP contribution in [0.5, 0.6) is 0 Å². The summed E-state index contributed by atoms with van der Waals surface area (Å²) in [6.45, 7) is 0. The van der Waals surface area contributed by atoms with Crippen LogP contribution in [0.3, 0.4) is 0 Å². The van der Waals surface area contributed by atoms with Gasteiger partial charge in [-0.3, -0.25) is 0 Å². The Bertz CT molecular complexity index is 657. The summed E-state index contributed by atoms with van der Waals surface area (Å²) >= 11 is 1.57. The van der Waals surface area contributed by atoms with Gasteiger partial charge in [-0.15, -0.1) is 11.3 Å². The highest BCUT2D eigenvalue weighted by Crippen LogP contribution is 2.28. The number of rotatable bonds is 3. The van der Waals surface area contributed by atoms with Gasteiger partial charge >= 0.3 is 0 Å². The predicted molar refractivity (Wildman–Crippen MR) is 79.0 cm³/mol. The maximum atomic E-state index is 13.9. The van der Waals surface area contributed by atoms with Crippen LogP contribution >= 0.6 is 11.3 Å². The van der Waals surface area contributed by atoms with E-state index in [4.69, 9.17) is 0 Å². The van der Waals surface area contributed by atoms with E-state index in [1.165, 1.54) is 5.56 Å². The van der Waals surface area contributed by atoms with Crippen LogP contribution in [-0.2, 0) is 6.42 Å². The van der Waals surface area contributed by atoms with Crippen molar-refractivity contribution in [2.75, 3.05) is 0 Å². The molecule has 3 rings (SSSR count). The largest absolute Gasteiger partial charge is 0.206 e. The third kappa shape index (κ3) is 2.74. The lowest BCUT2D eigenvalue weighted by molar-refractivity contribution is 0.631. The number of benzene rings is 2. The first-order chi connectivity index (χ1) is 9.33. The zero-order valence-corrected chi connectivity index (χ0v) is 11.2. The van der Waals surface area contributed by atoms with Crippen molar-refractivity contribution in [1.82, 2.24) is 0 Å². The van der Waals surface area contributed by atoms with Gasteiger partial charge in [0.05, 0.1) is 0 Å².